The summed E-state index contributed by atoms with van der Waals surface area (Å²) in [5, 5.41) is 4.01. The predicted molar refractivity (Wildman–Crippen MR) is 105 cm³/mol. The molecule has 0 bridgehead atoms. The van der Waals surface area contributed by atoms with E-state index in [2.05, 4.69) is 23.9 Å². The van der Waals surface area contributed by atoms with Crippen molar-refractivity contribution in [1.29, 1.82) is 0 Å². The molecule has 0 atom stereocenters. The van der Waals surface area contributed by atoms with Crippen LogP contribution in [0.2, 0.25) is 0 Å². The second-order valence-corrected chi connectivity index (χ2v) is 7.56. The molecule has 27 heavy (non-hydrogen) atoms. The van der Waals surface area contributed by atoms with Crippen molar-refractivity contribution in [3.05, 3.63) is 54.7 Å². The lowest BCUT2D eigenvalue weighted by Gasteiger charge is -2.12. The summed E-state index contributed by atoms with van der Waals surface area (Å²) in [4.78, 5) is 28.3. The van der Waals surface area contributed by atoms with Crippen LogP contribution in [0.25, 0.3) is 11.0 Å². The molecule has 7 nitrogen and oxygen atoms in total. The molecule has 3 aromatic rings. The lowest BCUT2D eigenvalue weighted by molar-refractivity contribution is 0.273. The largest absolute Gasteiger partial charge is 0.493 e. The van der Waals surface area contributed by atoms with E-state index in [0.29, 0.717) is 28.6 Å². The van der Waals surface area contributed by atoms with E-state index in [9.17, 15) is 9.59 Å². The maximum atomic E-state index is 12.5. The highest BCUT2D eigenvalue weighted by molar-refractivity contribution is 7.15. The fraction of sp³-hybridized carbons (Fsp3) is 0.368. The Kier molecular flexibility index (Phi) is 5.55. The molecule has 0 unspecified atom stereocenters. The van der Waals surface area contributed by atoms with Crippen molar-refractivity contribution < 1.29 is 9.47 Å². The van der Waals surface area contributed by atoms with Gasteiger partial charge in [-0.25, -0.2) is 0 Å². The summed E-state index contributed by atoms with van der Waals surface area (Å²) in [6.07, 6.45) is 2.68. The number of fused-ring (bicyclic) bond motifs is 1. The van der Waals surface area contributed by atoms with Gasteiger partial charge < -0.3 is 9.47 Å². The lowest BCUT2D eigenvalue weighted by atomic mass is 10.1. The van der Waals surface area contributed by atoms with Crippen LogP contribution in [0.3, 0.4) is 0 Å². The first-order chi connectivity index (χ1) is 12.9. The Morgan fingerprint density at radius 1 is 1.26 bits per heavy atom. The normalized spacial score (nSPS) is 12.1. The Labute approximate surface area is 159 Å². The van der Waals surface area contributed by atoms with Crippen molar-refractivity contribution in [1.82, 2.24) is 14.6 Å². The van der Waals surface area contributed by atoms with Crippen molar-refractivity contribution >= 4 is 22.4 Å². The van der Waals surface area contributed by atoms with E-state index in [1.165, 1.54) is 6.92 Å². The van der Waals surface area contributed by atoms with Gasteiger partial charge in [-0.3, -0.25) is 9.59 Å². The van der Waals surface area contributed by atoms with Gasteiger partial charge in [0, 0.05) is 0 Å². The van der Waals surface area contributed by atoms with Crippen LogP contribution in [0.15, 0.2) is 27.8 Å². The molecule has 8 heteroatoms. The van der Waals surface area contributed by atoms with Gasteiger partial charge in [-0.1, -0.05) is 31.3 Å². The number of aromatic nitrogens is 3. The summed E-state index contributed by atoms with van der Waals surface area (Å²) < 4.78 is 12.8. The molecule has 0 saturated heterocycles. The van der Waals surface area contributed by atoms with Crippen molar-refractivity contribution in [2.24, 2.45) is 5.92 Å². The molecule has 0 aliphatic rings. The summed E-state index contributed by atoms with van der Waals surface area (Å²) >= 11 is 1.13. The van der Waals surface area contributed by atoms with E-state index in [0.717, 1.165) is 27.8 Å². The molecular formula is C19H21N3O4S. The number of hydrogen-bond acceptors (Lipinski definition) is 7. The third-order valence-corrected chi connectivity index (χ3v) is 4.94. The molecule has 2 aromatic heterocycles. The first-order valence-corrected chi connectivity index (χ1v) is 9.43. The summed E-state index contributed by atoms with van der Waals surface area (Å²) in [5.74, 6) is 1.83. The van der Waals surface area contributed by atoms with Crippen molar-refractivity contribution in [3.63, 3.8) is 0 Å². The van der Waals surface area contributed by atoms with Crippen LogP contribution in [0.1, 0.15) is 31.5 Å². The van der Waals surface area contributed by atoms with E-state index in [1.807, 2.05) is 18.2 Å². The number of benzene rings is 1. The molecule has 0 fully saturated rings. The third-order valence-electron chi connectivity index (χ3n) is 3.98. The average Bonchev–Trinajstić information content (AvgIpc) is 2.91. The molecule has 2 heterocycles. The highest BCUT2D eigenvalue weighted by atomic mass is 32.1. The van der Waals surface area contributed by atoms with Gasteiger partial charge in [-0.05, 0) is 43.0 Å². The SMILES string of the molecule is COc1cc(C=c2sc3nc(=O)c(C)nn3c2=O)ccc1OCCC(C)C. The second kappa shape index (κ2) is 7.87. The number of ether oxygens (including phenoxy) is 2. The second-order valence-electron chi connectivity index (χ2n) is 6.55. The number of rotatable bonds is 6. The molecule has 1 aromatic carbocycles. The first-order valence-electron chi connectivity index (χ1n) is 8.62. The van der Waals surface area contributed by atoms with E-state index in [1.54, 1.807) is 13.2 Å². The molecule has 0 aliphatic carbocycles. The van der Waals surface area contributed by atoms with Crippen LogP contribution in [0, 0.1) is 12.8 Å². The number of methoxy groups -OCH3 is 1. The first kappa shape index (κ1) is 19.0. The molecule has 0 spiro atoms. The zero-order valence-electron chi connectivity index (χ0n) is 15.7. The minimum atomic E-state index is -0.424. The fourth-order valence-electron chi connectivity index (χ4n) is 2.44. The molecule has 0 radical (unpaired) electrons. The van der Waals surface area contributed by atoms with Crippen molar-refractivity contribution in [2.45, 2.75) is 27.2 Å². The minimum absolute atomic E-state index is 0.193. The van der Waals surface area contributed by atoms with Crippen LogP contribution in [-0.2, 0) is 0 Å². The van der Waals surface area contributed by atoms with Gasteiger partial charge in [0.15, 0.2) is 11.5 Å². The summed E-state index contributed by atoms with van der Waals surface area (Å²) in [7, 11) is 1.58. The molecule has 0 saturated carbocycles. The number of aryl methyl sites for hydroxylation is 1. The minimum Gasteiger partial charge on any atom is -0.493 e. The van der Waals surface area contributed by atoms with Crippen molar-refractivity contribution in [3.8, 4) is 11.5 Å². The Morgan fingerprint density at radius 2 is 2.04 bits per heavy atom. The maximum absolute atomic E-state index is 12.5. The van der Waals surface area contributed by atoms with Crippen LogP contribution < -0.4 is 25.1 Å². The number of nitrogens with zero attached hydrogens (tertiary/aromatic N) is 3. The fourth-order valence-corrected chi connectivity index (χ4v) is 3.34. The van der Waals surface area contributed by atoms with Gasteiger partial charge in [0.1, 0.15) is 5.69 Å². The smallest absolute Gasteiger partial charge is 0.295 e. The van der Waals surface area contributed by atoms with Gasteiger partial charge in [0.2, 0.25) is 4.96 Å². The molecule has 0 amide bonds. The van der Waals surface area contributed by atoms with E-state index >= 15 is 0 Å². The Balaban J connectivity index is 1.97. The van der Waals surface area contributed by atoms with Crippen LogP contribution in [0.4, 0.5) is 0 Å². The van der Waals surface area contributed by atoms with E-state index in [4.69, 9.17) is 9.47 Å². The highest BCUT2D eigenvalue weighted by Gasteiger charge is 2.10. The van der Waals surface area contributed by atoms with Gasteiger partial charge in [0.05, 0.1) is 18.2 Å². The molecule has 3 rings (SSSR count). The monoisotopic (exact) mass is 387 g/mol. The number of hydrogen-bond donors (Lipinski definition) is 0. The third kappa shape index (κ3) is 4.16. The van der Waals surface area contributed by atoms with Gasteiger partial charge >= 0.3 is 0 Å². The zero-order chi connectivity index (χ0) is 19.6. The molecular weight excluding hydrogens is 366 g/mol. The molecule has 0 N–H and O–H groups in total. The summed E-state index contributed by atoms with van der Waals surface area (Å²) in [5.41, 5.74) is 0.249. The Hall–Kier alpha value is -2.74. The summed E-state index contributed by atoms with van der Waals surface area (Å²) in [6, 6.07) is 5.49. The average molecular weight is 387 g/mol. The predicted octanol–water partition coefficient (Wildman–Crippen LogP) is 1.80. The molecule has 0 aliphatic heterocycles. The highest BCUT2D eigenvalue weighted by Crippen LogP contribution is 2.28. The Bertz CT molecular complexity index is 1130. The van der Waals surface area contributed by atoms with E-state index < -0.39 is 5.56 Å². The Morgan fingerprint density at radius 3 is 2.74 bits per heavy atom. The quantitative estimate of drug-likeness (QED) is 0.641. The van der Waals surface area contributed by atoms with Gasteiger partial charge in [0.25, 0.3) is 11.1 Å². The van der Waals surface area contributed by atoms with E-state index in [-0.39, 0.29) is 16.2 Å². The number of thiazole rings is 1. The maximum Gasteiger partial charge on any atom is 0.295 e. The van der Waals surface area contributed by atoms with Crippen molar-refractivity contribution in [2.75, 3.05) is 13.7 Å². The zero-order valence-corrected chi connectivity index (χ0v) is 16.5. The standard InChI is InChI=1S/C19H21N3O4S/c1-11(2)7-8-26-14-6-5-13(9-15(14)25-4)10-16-18(24)22-19(27-16)20-17(23)12(3)21-22/h5-6,9-11H,7-8H2,1-4H3. The van der Waals surface area contributed by atoms with Gasteiger partial charge in [-0.15, -0.1) is 0 Å². The van der Waals surface area contributed by atoms with Crippen LogP contribution in [0.5, 0.6) is 11.5 Å². The molecule has 142 valence electrons. The lowest BCUT2D eigenvalue weighted by Crippen LogP contribution is -2.27. The van der Waals surface area contributed by atoms with Crippen LogP contribution in [-0.4, -0.2) is 28.3 Å². The van der Waals surface area contributed by atoms with Crippen LogP contribution >= 0.6 is 11.3 Å². The van der Waals surface area contributed by atoms with Gasteiger partial charge in [-0.2, -0.15) is 14.6 Å². The topological polar surface area (TPSA) is 82.8 Å². The summed E-state index contributed by atoms with van der Waals surface area (Å²) in [6.45, 7) is 6.43.